The van der Waals surface area contributed by atoms with Crippen molar-refractivity contribution in [2.75, 3.05) is 0 Å². The van der Waals surface area contributed by atoms with Gasteiger partial charge in [-0.2, -0.15) is 0 Å². The number of hydrogen-bond donors (Lipinski definition) is 0. The van der Waals surface area contributed by atoms with E-state index in [1.54, 1.807) is 0 Å². The van der Waals surface area contributed by atoms with E-state index in [4.69, 9.17) is 18.8 Å². The van der Waals surface area contributed by atoms with Crippen molar-refractivity contribution in [2.24, 2.45) is 0 Å². The fourth-order valence-electron chi connectivity index (χ4n) is 1.11. The van der Waals surface area contributed by atoms with Gasteiger partial charge in [-0.25, -0.2) is 0 Å². The molecule has 1 rings (SSSR count). The molecule has 0 unspecified atom stereocenters. The van der Waals surface area contributed by atoms with Crippen LogP contribution in [0.15, 0.2) is 16.5 Å². The summed E-state index contributed by atoms with van der Waals surface area (Å²) in [6.07, 6.45) is 0. The van der Waals surface area contributed by atoms with Gasteiger partial charge in [0.25, 0.3) is 0 Å². The van der Waals surface area contributed by atoms with Gasteiger partial charge >= 0.3 is 0 Å². The number of furan rings is 1. The molecule has 0 aromatic carbocycles. The van der Waals surface area contributed by atoms with E-state index in [2.05, 4.69) is 0 Å². The average molecular weight is 361 g/mol. The van der Waals surface area contributed by atoms with Crippen molar-refractivity contribution in [1.29, 1.82) is 0 Å². The summed E-state index contributed by atoms with van der Waals surface area (Å²) in [7, 11) is -4.75. The topological polar surface area (TPSA) is 31.6 Å². The molecule has 23 heavy (non-hydrogen) atoms. The zero-order valence-electron chi connectivity index (χ0n) is 20.4. The van der Waals surface area contributed by atoms with Crippen LogP contribution in [0.1, 0.15) is 58.5 Å². The average Bonchev–Trinajstić information content (AvgIpc) is 2.83. The van der Waals surface area contributed by atoms with Crippen LogP contribution in [0, 0.1) is 0 Å². The van der Waals surface area contributed by atoms with Gasteiger partial charge in [-0.05, 0) is 48.4 Å². The molecule has 0 aliphatic heterocycles. The Morgan fingerprint density at radius 2 is 1.13 bits per heavy atom. The van der Waals surface area contributed by atoms with Crippen molar-refractivity contribution in [2.45, 2.75) is 90.9 Å². The van der Waals surface area contributed by atoms with Crippen LogP contribution < -0.4 is 0 Å². The molecular weight excluding hydrogens is 320 g/mol. The lowest BCUT2D eigenvalue weighted by atomic mass is 10.2. The molecule has 0 aliphatic rings. The first-order valence-corrected chi connectivity index (χ1v) is 14.0. The summed E-state index contributed by atoms with van der Waals surface area (Å²) in [5, 5.41) is -0.314. The maximum atomic E-state index is 8.33. The minimum atomic E-state index is -2.38. The first-order valence-electron chi connectivity index (χ1n) is 10.1. The molecule has 5 heteroatoms. The van der Waals surface area contributed by atoms with Crippen LogP contribution in [-0.4, -0.2) is 16.6 Å². The van der Waals surface area contributed by atoms with Crippen LogP contribution in [0.25, 0.3) is 0 Å². The van der Waals surface area contributed by atoms with E-state index in [0.29, 0.717) is 0 Å². The lowest BCUT2D eigenvalue weighted by Gasteiger charge is -2.36. The molecule has 0 N–H and O–H groups in total. The highest BCUT2D eigenvalue weighted by atomic mass is 28.4. The van der Waals surface area contributed by atoms with Crippen molar-refractivity contribution >= 4 is 16.6 Å². The second kappa shape index (κ2) is 6.86. The Bertz CT molecular complexity index is 602. The Labute approximate surface area is 150 Å². The van der Waals surface area contributed by atoms with Gasteiger partial charge in [-0.3, -0.25) is 0 Å². The molecule has 1 aromatic heterocycles. The molecule has 0 fully saturated rings. The summed E-state index contributed by atoms with van der Waals surface area (Å²) in [6.45, 7) is 15.8. The predicted octanol–water partition coefficient (Wildman–Crippen LogP) is 6.32. The predicted molar refractivity (Wildman–Crippen MR) is 103 cm³/mol. The Morgan fingerprint density at radius 1 is 0.826 bits per heavy atom. The van der Waals surface area contributed by atoms with E-state index in [-0.39, 0.29) is 21.6 Å². The highest BCUT2D eigenvalue weighted by molar-refractivity contribution is 6.74. The highest BCUT2D eigenvalue weighted by Crippen LogP contribution is 2.38. The third-order valence-electron chi connectivity index (χ3n) is 5.03. The first-order chi connectivity index (χ1) is 11.6. The fourth-order valence-corrected chi connectivity index (χ4v) is 2.43. The summed E-state index contributed by atoms with van der Waals surface area (Å²) in [4.78, 5) is 0. The Morgan fingerprint density at radius 3 is 1.39 bits per heavy atom. The molecule has 0 amide bonds. The molecule has 0 spiro atoms. The summed E-state index contributed by atoms with van der Waals surface area (Å²) in [5.74, 6) is -0.0740. The maximum Gasteiger partial charge on any atom is 0.192 e. The highest BCUT2D eigenvalue weighted by Gasteiger charge is 2.38. The van der Waals surface area contributed by atoms with E-state index in [1.165, 1.54) is 12.1 Å². The number of rotatable bonds is 6. The second-order valence-corrected chi connectivity index (χ2v) is 18.5. The molecule has 0 radical (unpaired) electrons. The van der Waals surface area contributed by atoms with E-state index in [0.717, 1.165) is 0 Å². The summed E-state index contributed by atoms with van der Waals surface area (Å²) >= 11 is 0. The lowest BCUT2D eigenvalue weighted by molar-refractivity contribution is 0.217. The monoisotopic (exact) mass is 360 g/mol. The molecule has 1 heterocycles. The third-order valence-corrected chi connectivity index (χ3v) is 13.5. The van der Waals surface area contributed by atoms with Crippen LogP contribution in [0.4, 0.5) is 0 Å². The lowest BCUT2D eigenvalue weighted by Crippen LogP contribution is -2.40. The van der Waals surface area contributed by atoms with Gasteiger partial charge in [0.1, 0.15) is 11.5 Å². The van der Waals surface area contributed by atoms with E-state index >= 15 is 0 Å². The van der Waals surface area contributed by atoms with Crippen molar-refractivity contribution < 1.29 is 18.8 Å². The molecule has 134 valence electrons. The van der Waals surface area contributed by atoms with Gasteiger partial charge < -0.3 is 13.3 Å². The third kappa shape index (κ3) is 5.59. The molecule has 1 aromatic rings. The smallest absolute Gasteiger partial charge is 0.192 e. The van der Waals surface area contributed by atoms with E-state index in [9.17, 15) is 0 Å². The zero-order valence-corrected chi connectivity index (χ0v) is 18.4. The molecule has 0 atom stereocenters. The number of hydrogen-bond acceptors (Lipinski definition) is 3. The van der Waals surface area contributed by atoms with Crippen molar-refractivity contribution in [3.05, 3.63) is 23.7 Å². The van der Waals surface area contributed by atoms with Gasteiger partial charge in [0, 0.05) is 0 Å². The van der Waals surface area contributed by atoms with E-state index in [1.807, 2.05) is 67.7 Å². The summed E-state index contributed by atoms with van der Waals surface area (Å²) in [5.41, 5.74) is 0. The minimum Gasteiger partial charge on any atom is -0.461 e. The quantitative estimate of drug-likeness (QED) is 0.556. The SMILES string of the molecule is [2H]C([2H])(O[Si](C)(C)C(C)(C)C)c1ccc(C([2H])([2H])O[Si](C)(C)C(C)(C)C)o1. The van der Waals surface area contributed by atoms with Gasteiger partial charge in [-0.1, -0.05) is 41.5 Å². The minimum absolute atomic E-state index is 0.0370. The van der Waals surface area contributed by atoms with Crippen LogP contribution in [0.3, 0.4) is 0 Å². The molecule has 0 aliphatic carbocycles. The van der Waals surface area contributed by atoms with Crippen molar-refractivity contribution in [3.8, 4) is 0 Å². The van der Waals surface area contributed by atoms with Gasteiger partial charge in [0.15, 0.2) is 16.6 Å². The molecule has 3 nitrogen and oxygen atoms in total. The van der Waals surface area contributed by atoms with Crippen molar-refractivity contribution in [3.63, 3.8) is 0 Å². The standard InChI is InChI=1S/C18H36O3Si2/c1-17(2,3)22(7,8)19-13-15-11-12-16(21-15)14-20-23(9,10)18(4,5)6/h11-12H,13-14H2,1-10H3/i13D2,14D2. The molecule has 0 bridgehead atoms. The zero-order chi connectivity index (χ0) is 21.7. The second-order valence-electron chi connectivity index (χ2n) is 9.09. The van der Waals surface area contributed by atoms with Gasteiger partial charge in [0.2, 0.25) is 0 Å². The van der Waals surface area contributed by atoms with Gasteiger partial charge in [-0.15, -0.1) is 0 Å². The van der Waals surface area contributed by atoms with Crippen LogP contribution in [-0.2, 0) is 22.0 Å². The Kier molecular flexibility index (Phi) is 4.46. The summed E-state index contributed by atoms with van der Waals surface area (Å²) < 4.78 is 50.7. The van der Waals surface area contributed by atoms with Gasteiger partial charge in [0.05, 0.1) is 18.6 Å². The molecular formula is C18H36O3Si2. The van der Waals surface area contributed by atoms with E-state index < -0.39 is 29.8 Å². The Hall–Kier alpha value is -0.366. The fraction of sp³-hybridized carbons (Fsp3) is 0.778. The van der Waals surface area contributed by atoms with Crippen LogP contribution >= 0.6 is 0 Å². The maximum absolute atomic E-state index is 8.33. The van der Waals surface area contributed by atoms with Crippen LogP contribution in [0.2, 0.25) is 36.3 Å². The van der Waals surface area contributed by atoms with Crippen molar-refractivity contribution in [1.82, 2.24) is 0 Å². The normalized spacial score (nSPS) is 18.2. The summed E-state index contributed by atoms with van der Waals surface area (Å²) in [6, 6.07) is 2.88. The van der Waals surface area contributed by atoms with Crippen LogP contribution in [0.5, 0.6) is 0 Å². The largest absolute Gasteiger partial charge is 0.461 e. The first kappa shape index (κ1) is 14.9. The Balaban J connectivity index is 3.12. The molecule has 0 saturated carbocycles. The molecule has 0 saturated heterocycles.